The third-order valence-electron chi connectivity index (χ3n) is 2.95. The zero-order valence-electron chi connectivity index (χ0n) is 7.76. The minimum atomic E-state index is 0.0346. The van der Waals surface area contributed by atoms with Crippen molar-refractivity contribution in [2.75, 3.05) is 13.2 Å². The summed E-state index contributed by atoms with van der Waals surface area (Å²) in [4.78, 5) is 13.4. The van der Waals surface area contributed by atoms with E-state index in [1.165, 1.54) is 12.8 Å². The van der Waals surface area contributed by atoms with Gasteiger partial charge < -0.3 is 4.90 Å². The highest BCUT2D eigenvalue weighted by molar-refractivity contribution is 5.83. The topological polar surface area (TPSA) is 32.3 Å². The lowest BCUT2D eigenvalue weighted by Gasteiger charge is -2.19. The molecule has 1 N–H and O–H groups in total. The second-order valence-corrected chi connectivity index (χ2v) is 4.43. The molecule has 2 rings (SSSR count). The van der Waals surface area contributed by atoms with E-state index >= 15 is 0 Å². The lowest BCUT2D eigenvalue weighted by atomic mass is 10.1. The molecule has 12 heavy (non-hydrogen) atoms. The first-order valence-corrected chi connectivity index (χ1v) is 4.63. The van der Waals surface area contributed by atoms with Gasteiger partial charge in [-0.15, -0.1) is 0 Å². The van der Waals surface area contributed by atoms with Crippen molar-refractivity contribution in [1.82, 2.24) is 10.2 Å². The molecule has 0 aromatic carbocycles. The van der Waals surface area contributed by atoms with Crippen LogP contribution in [0.2, 0.25) is 0 Å². The minimum absolute atomic E-state index is 0.0346. The zero-order chi connectivity index (χ0) is 8.77. The van der Waals surface area contributed by atoms with Gasteiger partial charge in [-0.3, -0.25) is 10.1 Å². The van der Waals surface area contributed by atoms with Crippen LogP contribution in [0.25, 0.3) is 0 Å². The fraction of sp³-hybridized carbons (Fsp3) is 0.889. The molecule has 0 radical (unpaired) electrons. The Bertz CT molecular complexity index is 211. The SMILES string of the molecule is CC1NCN(CC2(C)CC2)C1=O. The summed E-state index contributed by atoms with van der Waals surface area (Å²) >= 11 is 0. The van der Waals surface area contributed by atoms with Gasteiger partial charge in [0.15, 0.2) is 0 Å². The molecule has 0 aromatic rings. The number of carbonyl (C=O) groups is 1. The number of hydrogen-bond acceptors (Lipinski definition) is 2. The number of amides is 1. The smallest absolute Gasteiger partial charge is 0.240 e. The minimum Gasteiger partial charge on any atom is -0.328 e. The van der Waals surface area contributed by atoms with Gasteiger partial charge >= 0.3 is 0 Å². The summed E-state index contributed by atoms with van der Waals surface area (Å²) in [6, 6.07) is 0.0346. The summed E-state index contributed by atoms with van der Waals surface area (Å²) in [6.07, 6.45) is 2.57. The molecular formula is C9H16N2O. The van der Waals surface area contributed by atoms with Gasteiger partial charge in [-0.1, -0.05) is 6.92 Å². The van der Waals surface area contributed by atoms with E-state index < -0.39 is 0 Å². The Labute approximate surface area is 73.1 Å². The van der Waals surface area contributed by atoms with Crippen molar-refractivity contribution in [2.24, 2.45) is 5.41 Å². The number of carbonyl (C=O) groups excluding carboxylic acids is 1. The van der Waals surface area contributed by atoms with Crippen molar-refractivity contribution in [3.8, 4) is 0 Å². The quantitative estimate of drug-likeness (QED) is 0.653. The highest BCUT2D eigenvalue weighted by Gasteiger charge is 2.41. The summed E-state index contributed by atoms with van der Waals surface area (Å²) in [5, 5.41) is 3.15. The summed E-state index contributed by atoms with van der Waals surface area (Å²) in [5.74, 6) is 0.267. The van der Waals surface area contributed by atoms with E-state index in [0.717, 1.165) is 13.2 Å². The van der Waals surface area contributed by atoms with E-state index in [0.29, 0.717) is 5.41 Å². The van der Waals surface area contributed by atoms with Gasteiger partial charge in [0.1, 0.15) is 0 Å². The molecule has 1 saturated heterocycles. The maximum absolute atomic E-state index is 11.5. The van der Waals surface area contributed by atoms with Crippen LogP contribution in [-0.4, -0.2) is 30.1 Å². The molecule has 1 atom stereocenters. The third-order valence-corrected chi connectivity index (χ3v) is 2.95. The molecular weight excluding hydrogens is 152 g/mol. The Morgan fingerprint density at radius 1 is 1.67 bits per heavy atom. The van der Waals surface area contributed by atoms with E-state index in [-0.39, 0.29) is 11.9 Å². The van der Waals surface area contributed by atoms with Crippen LogP contribution in [0.3, 0.4) is 0 Å². The molecule has 1 amide bonds. The standard InChI is InChI=1S/C9H16N2O/c1-7-8(12)11(6-10-7)5-9(2)3-4-9/h7,10H,3-6H2,1-2H3. The molecule has 1 aliphatic heterocycles. The average Bonchev–Trinajstić information content (AvgIpc) is 2.68. The van der Waals surface area contributed by atoms with Gasteiger partial charge in [-0.05, 0) is 25.2 Å². The monoisotopic (exact) mass is 168 g/mol. The molecule has 2 fully saturated rings. The fourth-order valence-electron chi connectivity index (χ4n) is 1.65. The van der Waals surface area contributed by atoms with Crippen LogP contribution in [0.1, 0.15) is 26.7 Å². The van der Waals surface area contributed by atoms with Crippen LogP contribution in [0, 0.1) is 5.41 Å². The first-order valence-electron chi connectivity index (χ1n) is 4.63. The molecule has 68 valence electrons. The molecule has 0 bridgehead atoms. The Morgan fingerprint density at radius 2 is 2.33 bits per heavy atom. The van der Waals surface area contributed by atoms with E-state index in [9.17, 15) is 4.79 Å². The molecule has 1 saturated carbocycles. The van der Waals surface area contributed by atoms with Crippen molar-refractivity contribution in [1.29, 1.82) is 0 Å². The average molecular weight is 168 g/mol. The second-order valence-electron chi connectivity index (χ2n) is 4.43. The van der Waals surface area contributed by atoms with Crippen LogP contribution >= 0.6 is 0 Å². The van der Waals surface area contributed by atoms with Gasteiger partial charge in [0.25, 0.3) is 0 Å². The number of hydrogen-bond donors (Lipinski definition) is 1. The number of rotatable bonds is 2. The number of nitrogens with one attached hydrogen (secondary N) is 1. The Balaban J connectivity index is 1.93. The summed E-state index contributed by atoms with van der Waals surface area (Å²) in [7, 11) is 0. The lowest BCUT2D eigenvalue weighted by molar-refractivity contribution is -0.129. The van der Waals surface area contributed by atoms with Crippen molar-refractivity contribution < 1.29 is 4.79 Å². The second kappa shape index (κ2) is 2.46. The van der Waals surface area contributed by atoms with Crippen LogP contribution in [0.5, 0.6) is 0 Å². The predicted octanol–water partition coefficient (Wildman–Crippen LogP) is 0.564. The molecule has 3 heteroatoms. The van der Waals surface area contributed by atoms with Gasteiger partial charge in [-0.2, -0.15) is 0 Å². The van der Waals surface area contributed by atoms with Crippen molar-refractivity contribution in [2.45, 2.75) is 32.7 Å². The first kappa shape index (κ1) is 8.05. The highest BCUT2D eigenvalue weighted by atomic mass is 16.2. The predicted molar refractivity (Wildman–Crippen MR) is 46.5 cm³/mol. The Morgan fingerprint density at radius 3 is 2.75 bits per heavy atom. The van der Waals surface area contributed by atoms with E-state index in [1.807, 2.05) is 11.8 Å². The molecule has 0 aromatic heterocycles. The van der Waals surface area contributed by atoms with Gasteiger partial charge in [-0.25, -0.2) is 0 Å². The van der Waals surface area contributed by atoms with E-state index in [4.69, 9.17) is 0 Å². The molecule has 1 unspecified atom stereocenters. The third kappa shape index (κ3) is 1.33. The van der Waals surface area contributed by atoms with Crippen molar-refractivity contribution >= 4 is 5.91 Å². The molecule has 0 spiro atoms. The molecule has 1 aliphatic carbocycles. The Kier molecular flexibility index (Phi) is 1.65. The van der Waals surface area contributed by atoms with E-state index in [2.05, 4.69) is 12.2 Å². The van der Waals surface area contributed by atoms with Crippen molar-refractivity contribution in [3.05, 3.63) is 0 Å². The highest BCUT2D eigenvalue weighted by Crippen LogP contribution is 2.45. The molecule has 2 aliphatic rings. The molecule has 1 heterocycles. The van der Waals surface area contributed by atoms with Gasteiger partial charge in [0.05, 0.1) is 12.7 Å². The van der Waals surface area contributed by atoms with Crippen LogP contribution in [-0.2, 0) is 4.79 Å². The number of nitrogens with zero attached hydrogens (tertiary/aromatic N) is 1. The van der Waals surface area contributed by atoms with Gasteiger partial charge in [0, 0.05) is 6.54 Å². The largest absolute Gasteiger partial charge is 0.328 e. The van der Waals surface area contributed by atoms with Crippen molar-refractivity contribution in [3.63, 3.8) is 0 Å². The van der Waals surface area contributed by atoms with Crippen LogP contribution in [0.4, 0.5) is 0 Å². The summed E-state index contributed by atoms with van der Waals surface area (Å²) < 4.78 is 0. The lowest BCUT2D eigenvalue weighted by Crippen LogP contribution is -2.32. The fourth-order valence-corrected chi connectivity index (χ4v) is 1.65. The maximum Gasteiger partial charge on any atom is 0.240 e. The normalized spacial score (nSPS) is 32.7. The first-order chi connectivity index (χ1) is 5.61. The van der Waals surface area contributed by atoms with Crippen LogP contribution < -0.4 is 5.32 Å². The summed E-state index contributed by atoms with van der Waals surface area (Å²) in [5.41, 5.74) is 0.446. The molecule has 3 nitrogen and oxygen atoms in total. The zero-order valence-corrected chi connectivity index (χ0v) is 7.76. The maximum atomic E-state index is 11.5. The van der Waals surface area contributed by atoms with Gasteiger partial charge in [0.2, 0.25) is 5.91 Å². The Hall–Kier alpha value is -0.570. The van der Waals surface area contributed by atoms with E-state index in [1.54, 1.807) is 0 Å². The summed E-state index contributed by atoms with van der Waals surface area (Å²) in [6.45, 7) is 5.87. The van der Waals surface area contributed by atoms with Crippen LogP contribution in [0.15, 0.2) is 0 Å².